The Morgan fingerprint density at radius 1 is 1.60 bits per heavy atom. The first-order chi connectivity index (χ1) is 9.60. The lowest BCUT2D eigenvalue weighted by Gasteiger charge is -2.20. The predicted molar refractivity (Wildman–Crippen MR) is 78.5 cm³/mol. The maximum atomic E-state index is 12.1. The monoisotopic (exact) mass is 279 g/mol. The maximum Gasteiger partial charge on any atom is 0.317 e. The Morgan fingerprint density at radius 3 is 3.05 bits per heavy atom. The zero-order valence-electron chi connectivity index (χ0n) is 12.7. The number of nitrogens with one attached hydrogen (secondary N) is 1. The van der Waals surface area contributed by atoms with E-state index >= 15 is 0 Å². The zero-order chi connectivity index (χ0) is 14.5. The molecule has 2 amide bonds. The highest BCUT2D eigenvalue weighted by Gasteiger charge is 2.26. The van der Waals surface area contributed by atoms with E-state index in [-0.39, 0.29) is 6.03 Å². The minimum atomic E-state index is 0.0345. The molecule has 1 aromatic heterocycles. The summed E-state index contributed by atoms with van der Waals surface area (Å²) in [5.41, 5.74) is 1.04. The second-order valence-corrected chi connectivity index (χ2v) is 5.62. The molecule has 1 N–H and O–H groups in total. The van der Waals surface area contributed by atoms with Gasteiger partial charge in [0.1, 0.15) is 5.76 Å². The number of rotatable bonds is 5. The second-order valence-electron chi connectivity index (χ2n) is 5.62. The Balaban J connectivity index is 1.75. The summed E-state index contributed by atoms with van der Waals surface area (Å²) in [6, 6.07) is 1.94. The van der Waals surface area contributed by atoms with Crippen molar-refractivity contribution in [3.8, 4) is 0 Å². The molecule has 112 valence electrons. The van der Waals surface area contributed by atoms with Gasteiger partial charge in [0.25, 0.3) is 0 Å². The highest BCUT2D eigenvalue weighted by molar-refractivity contribution is 5.74. The molecule has 1 aliphatic heterocycles. The molecule has 5 heteroatoms. The molecule has 2 heterocycles. The van der Waals surface area contributed by atoms with Gasteiger partial charge in [-0.15, -0.1) is 0 Å². The van der Waals surface area contributed by atoms with Crippen molar-refractivity contribution in [1.29, 1.82) is 0 Å². The van der Waals surface area contributed by atoms with Gasteiger partial charge in [-0.3, -0.25) is 0 Å². The van der Waals surface area contributed by atoms with Crippen LogP contribution in [-0.4, -0.2) is 49.1 Å². The van der Waals surface area contributed by atoms with Crippen LogP contribution in [0.15, 0.2) is 16.7 Å². The molecular weight excluding hydrogens is 254 g/mol. The number of hydrogen-bond donors (Lipinski definition) is 1. The first kappa shape index (κ1) is 14.9. The molecule has 0 bridgehead atoms. The molecule has 0 spiro atoms. The summed E-state index contributed by atoms with van der Waals surface area (Å²) in [4.78, 5) is 16.3. The average Bonchev–Trinajstić information content (AvgIpc) is 3.05. The van der Waals surface area contributed by atoms with E-state index in [2.05, 4.69) is 24.2 Å². The molecular formula is C15H25N3O2. The average molecular weight is 279 g/mol. The van der Waals surface area contributed by atoms with E-state index in [0.717, 1.165) is 43.9 Å². The molecule has 0 radical (unpaired) electrons. The van der Waals surface area contributed by atoms with Crippen molar-refractivity contribution in [1.82, 2.24) is 15.1 Å². The summed E-state index contributed by atoms with van der Waals surface area (Å²) >= 11 is 0. The Hall–Kier alpha value is -1.49. The number of furan rings is 1. The largest absolute Gasteiger partial charge is 0.469 e. The van der Waals surface area contributed by atoms with Crippen LogP contribution < -0.4 is 5.32 Å². The molecule has 1 aliphatic rings. The predicted octanol–water partition coefficient (Wildman–Crippen LogP) is 2.07. The van der Waals surface area contributed by atoms with Crippen LogP contribution in [0, 0.1) is 12.8 Å². The van der Waals surface area contributed by atoms with E-state index in [1.807, 2.05) is 17.9 Å². The number of aryl methyl sites for hydroxylation is 1. The lowest BCUT2D eigenvalue weighted by atomic mass is 10.1. The van der Waals surface area contributed by atoms with E-state index in [1.165, 1.54) is 0 Å². The summed E-state index contributed by atoms with van der Waals surface area (Å²) in [7, 11) is 2.13. The van der Waals surface area contributed by atoms with Gasteiger partial charge in [-0.2, -0.15) is 0 Å². The third kappa shape index (κ3) is 3.76. The number of hydrogen-bond acceptors (Lipinski definition) is 3. The molecule has 1 saturated heterocycles. The fourth-order valence-corrected chi connectivity index (χ4v) is 2.61. The number of carbonyl (C=O) groups excluding carboxylic acids is 1. The third-order valence-corrected chi connectivity index (χ3v) is 4.08. The van der Waals surface area contributed by atoms with Gasteiger partial charge in [0.2, 0.25) is 0 Å². The van der Waals surface area contributed by atoms with Crippen molar-refractivity contribution in [2.75, 3.05) is 33.2 Å². The summed E-state index contributed by atoms with van der Waals surface area (Å²) in [5.74, 6) is 1.47. The SMILES string of the molecule is CCN(C)CC1CCN(C(=O)NCc2ccoc2C)C1. The van der Waals surface area contributed by atoms with E-state index in [0.29, 0.717) is 12.5 Å². The smallest absolute Gasteiger partial charge is 0.317 e. The maximum absolute atomic E-state index is 12.1. The number of amides is 2. The van der Waals surface area contributed by atoms with Gasteiger partial charge >= 0.3 is 6.03 Å². The second kappa shape index (κ2) is 6.79. The van der Waals surface area contributed by atoms with E-state index in [9.17, 15) is 4.79 Å². The minimum absolute atomic E-state index is 0.0345. The van der Waals surface area contributed by atoms with Crippen LogP contribution in [0.3, 0.4) is 0 Å². The summed E-state index contributed by atoms with van der Waals surface area (Å²) < 4.78 is 5.22. The normalized spacial score (nSPS) is 18.8. The van der Waals surface area contributed by atoms with Crippen LogP contribution in [0.5, 0.6) is 0 Å². The molecule has 20 heavy (non-hydrogen) atoms. The highest BCUT2D eigenvalue weighted by atomic mass is 16.3. The van der Waals surface area contributed by atoms with Crippen molar-refractivity contribution in [2.24, 2.45) is 5.92 Å². The number of likely N-dealkylation sites (tertiary alicyclic amines) is 1. The highest BCUT2D eigenvalue weighted by Crippen LogP contribution is 2.17. The van der Waals surface area contributed by atoms with Crippen molar-refractivity contribution in [3.63, 3.8) is 0 Å². The third-order valence-electron chi connectivity index (χ3n) is 4.08. The minimum Gasteiger partial charge on any atom is -0.469 e. The van der Waals surface area contributed by atoms with Crippen molar-refractivity contribution >= 4 is 6.03 Å². The Kier molecular flexibility index (Phi) is 5.06. The number of nitrogens with zero attached hydrogens (tertiary/aromatic N) is 2. The lowest BCUT2D eigenvalue weighted by molar-refractivity contribution is 0.204. The quantitative estimate of drug-likeness (QED) is 0.897. The molecule has 1 atom stereocenters. The van der Waals surface area contributed by atoms with Gasteiger partial charge < -0.3 is 19.5 Å². The van der Waals surface area contributed by atoms with Gasteiger partial charge in [0.05, 0.1) is 6.26 Å². The van der Waals surface area contributed by atoms with Gasteiger partial charge in [0, 0.05) is 31.7 Å². The van der Waals surface area contributed by atoms with Crippen LogP contribution in [0.2, 0.25) is 0 Å². The Morgan fingerprint density at radius 2 is 2.40 bits per heavy atom. The molecule has 1 fully saturated rings. The van der Waals surface area contributed by atoms with Crippen LogP contribution >= 0.6 is 0 Å². The first-order valence-corrected chi connectivity index (χ1v) is 7.34. The fraction of sp³-hybridized carbons (Fsp3) is 0.667. The van der Waals surface area contributed by atoms with Gasteiger partial charge in [-0.25, -0.2) is 4.79 Å². The van der Waals surface area contributed by atoms with Gasteiger partial charge in [-0.1, -0.05) is 6.92 Å². The van der Waals surface area contributed by atoms with Crippen molar-refractivity contribution in [2.45, 2.75) is 26.8 Å². The molecule has 5 nitrogen and oxygen atoms in total. The lowest BCUT2D eigenvalue weighted by Crippen LogP contribution is -2.38. The summed E-state index contributed by atoms with van der Waals surface area (Å²) in [6.07, 6.45) is 2.76. The standard InChI is InChI=1S/C15H25N3O2/c1-4-17(3)10-13-5-7-18(11-13)15(19)16-9-14-6-8-20-12(14)2/h6,8,13H,4-5,7,9-11H2,1-3H3,(H,16,19). The molecule has 1 unspecified atom stereocenters. The van der Waals surface area contributed by atoms with Crippen LogP contribution in [-0.2, 0) is 6.54 Å². The Bertz CT molecular complexity index is 444. The van der Waals surface area contributed by atoms with Crippen LogP contribution in [0.25, 0.3) is 0 Å². The van der Waals surface area contributed by atoms with E-state index in [4.69, 9.17) is 4.42 Å². The van der Waals surface area contributed by atoms with Gasteiger partial charge in [-0.05, 0) is 38.9 Å². The van der Waals surface area contributed by atoms with Gasteiger partial charge in [0.15, 0.2) is 0 Å². The Labute approximate surface area is 120 Å². The molecule has 1 aromatic rings. The zero-order valence-corrected chi connectivity index (χ0v) is 12.7. The molecule has 2 rings (SSSR count). The van der Waals surface area contributed by atoms with Crippen LogP contribution in [0.1, 0.15) is 24.7 Å². The van der Waals surface area contributed by atoms with Crippen LogP contribution in [0.4, 0.5) is 4.79 Å². The van der Waals surface area contributed by atoms with E-state index < -0.39 is 0 Å². The number of urea groups is 1. The van der Waals surface area contributed by atoms with E-state index in [1.54, 1.807) is 6.26 Å². The molecule has 0 aliphatic carbocycles. The summed E-state index contributed by atoms with van der Waals surface area (Å²) in [6.45, 7) is 8.46. The topological polar surface area (TPSA) is 48.7 Å². The first-order valence-electron chi connectivity index (χ1n) is 7.34. The van der Waals surface area contributed by atoms with Crippen molar-refractivity contribution < 1.29 is 9.21 Å². The fourth-order valence-electron chi connectivity index (χ4n) is 2.61. The summed E-state index contributed by atoms with van der Waals surface area (Å²) in [5, 5.41) is 2.97. The molecule has 0 saturated carbocycles. The molecule has 0 aromatic carbocycles. The number of carbonyl (C=O) groups is 1. The van der Waals surface area contributed by atoms with Crippen molar-refractivity contribution in [3.05, 3.63) is 23.7 Å².